The van der Waals surface area contributed by atoms with Gasteiger partial charge in [0.1, 0.15) is 12.4 Å². The summed E-state index contributed by atoms with van der Waals surface area (Å²) in [6.45, 7) is 2.20. The lowest BCUT2D eigenvalue weighted by molar-refractivity contribution is -0.140. The van der Waals surface area contributed by atoms with Gasteiger partial charge in [-0.25, -0.2) is 9.18 Å². The van der Waals surface area contributed by atoms with Crippen LogP contribution in [0.1, 0.15) is 18.5 Å². The van der Waals surface area contributed by atoms with Gasteiger partial charge in [0.05, 0.1) is 22.7 Å². The van der Waals surface area contributed by atoms with Crippen LogP contribution in [0.15, 0.2) is 33.9 Å². The number of carbonyl (C=O) groups is 1. The molecule has 1 aromatic rings. The molecule has 0 aliphatic carbocycles. The minimum Gasteiger partial charge on any atom is -0.460 e. The van der Waals surface area contributed by atoms with Crippen LogP contribution >= 0.6 is 28.1 Å². The largest absolute Gasteiger partial charge is 0.460 e. The van der Waals surface area contributed by atoms with Crippen molar-refractivity contribution in [3.63, 3.8) is 0 Å². The third-order valence-electron chi connectivity index (χ3n) is 3.29. The molecule has 2 rings (SSSR count). The Morgan fingerprint density at radius 3 is 2.83 bits per heavy atom. The molecule has 1 atom stereocenters. The van der Waals surface area contributed by atoms with E-state index in [0.717, 1.165) is 0 Å². The van der Waals surface area contributed by atoms with E-state index in [1.807, 2.05) is 0 Å². The monoisotopic (exact) mass is 402 g/mol. The van der Waals surface area contributed by atoms with Crippen molar-refractivity contribution in [2.75, 3.05) is 20.3 Å². The van der Waals surface area contributed by atoms with Crippen molar-refractivity contribution in [2.45, 2.75) is 13.0 Å². The molecule has 0 saturated carbocycles. The number of thiocarbonyl (C=S) groups is 1. The molecule has 0 bridgehead atoms. The van der Waals surface area contributed by atoms with Gasteiger partial charge in [0.25, 0.3) is 0 Å². The Labute approximate surface area is 147 Å². The first-order valence-electron chi connectivity index (χ1n) is 6.83. The Kier molecular flexibility index (Phi) is 6.09. The molecule has 0 saturated heterocycles. The lowest BCUT2D eigenvalue weighted by Gasteiger charge is -2.30. The second kappa shape index (κ2) is 7.85. The zero-order valence-corrected chi connectivity index (χ0v) is 15.0. The highest BCUT2D eigenvalue weighted by Crippen LogP contribution is 2.30. The second-order valence-corrected chi connectivity index (χ2v) is 6.13. The summed E-state index contributed by atoms with van der Waals surface area (Å²) in [6, 6.07) is 4.02. The fourth-order valence-corrected chi connectivity index (χ4v) is 2.87. The highest BCUT2D eigenvalue weighted by atomic mass is 79.9. The van der Waals surface area contributed by atoms with Crippen molar-refractivity contribution in [1.29, 1.82) is 0 Å². The zero-order valence-electron chi connectivity index (χ0n) is 12.6. The summed E-state index contributed by atoms with van der Waals surface area (Å²) in [5, 5.41) is 6.32. The van der Waals surface area contributed by atoms with Gasteiger partial charge >= 0.3 is 5.97 Å². The number of allylic oxidation sites excluding steroid dienone is 1. The summed E-state index contributed by atoms with van der Waals surface area (Å²) in [6.07, 6.45) is 0. The first-order chi connectivity index (χ1) is 10.9. The van der Waals surface area contributed by atoms with Crippen molar-refractivity contribution in [3.05, 3.63) is 45.3 Å². The van der Waals surface area contributed by atoms with Crippen LogP contribution in [0.5, 0.6) is 0 Å². The quantitative estimate of drug-likeness (QED) is 0.448. The molecular weight excluding hydrogens is 387 g/mol. The van der Waals surface area contributed by atoms with Crippen molar-refractivity contribution in [2.24, 2.45) is 0 Å². The van der Waals surface area contributed by atoms with Crippen molar-refractivity contribution >= 4 is 39.2 Å². The van der Waals surface area contributed by atoms with E-state index >= 15 is 0 Å². The summed E-state index contributed by atoms with van der Waals surface area (Å²) in [7, 11) is 1.53. The third kappa shape index (κ3) is 4.27. The molecule has 23 heavy (non-hydrogen) atoms. The number of nitrogens with one attached hydrogen (secondary N) is 2. The molecule has 1 aromatic carbocycles. The molecule has 1 aliphatic heterocycles. The maximum absolute atomic E-state index is 13.5. The van der Waals surface area contributed by atoms with Crippen LogP contribution < -0.4 is 10.6 Å². The van der Waals surface area contributed by atoms with E-state index < -0.39 is 12.0 Å². The van der Waals surface area contributed by atoms with E-state index in [1.165, 1.54) is 13.2 Å². The van der Waals surface area contributed by atoms with Crippen LogP contribution in [-0.2, 0) is 14.3 Å². The lowest BCUT2D eigenvalue weighted by atomic mass is 9.96. The minimum atomic E-state index is -0.518. The van der Waals surface area contributed by atoms with E-state index in [9.17, 15) is 9.18 Å². The Balaban J connectivity index is 2.33. The molecule has 0 unspecified atom stereocenters. The smallest absolute Gasteiger partial charge is 0.338 e. The summed E-state index contributed by atoms with van der Waals surface area (Å²) >= 11 is 8.30. The normalized spacial score (nSPS) is 17.6. The number of hydrogen-bond donors (Lipinski definition) is 2. The summed E-state index contributed by atoms with van der Waals surface area (Å²) in [5.41, 5.74) is 1.69. The second-order valence-electron chi connectivity index (χ2n) is 4.87. The molecule has 2 N–H and O–H groups in total. The SMILES string of the molecule is COCCOC(=O)C1=C(C)NC(=S)N[C@H]1c1ccc(F)c(Br)c1. The number of rotatable bonds is 5. The zero-order chi connectivity index (χ0) is 17.0. The Bertz CT molecular complexity index is 666. The van der Waals surface area contributed by atoms with Gasteiger partial charge in [0, 0.05) is 12.8 Å². The third-order valence-corrected chi connectivity index (χ3v) is 4.11. The van der Waals surface area contributed by atoms with Gasteiger partial charge in [0.15, 0.2) is 5.11 Å². The average molecular weight is 403 g/mol. The van der Waals surface area contributed by atoms with Crippen LogP contribution in [0.3, 0.4) is 0 Å². The number of halogens is 2. The number of hydrogen-bond acceptors (Lipinski definition) is 4. The molecule has 0 amide bonds. The molecule has 0 fully saturated rings. The average Bonchev–Trinajstić information content (AvgIpc) is 2.49. The van der Waals surface area contributed by atoms with Crippen LogP contribution in [0, 0.1) is 5.82 Å². The van der Waals surface area contributed by atoms with Crippen molar-refractivity contribution < 1.29 is 18.7 Å². The standard InChI is InChI=1S/C15H16BrFN2O3S/c1-8-12(14(20)22-6-5-21-2)13(19-15(23)18-8)9-3-4-11(17)10(16)7-9/h3-4,7,13H,5-6H2,1-2H3,(H2,18,19,23)/t13-/m0/s1. The molecule has 124 valence electrons. The highest BCUT2D eigenvalue weighted by Gasteiger charge is 2.31. The molecule has 0 radical (unpaired) electrons. The molecule has 0 spiro atoms. The molecule has 8 heteroatoms. The van der Waals surface area contributed by atoms with Gasteiger partial charge in [-0.15, -0.1) is 0 Å². The van der Waals surface area contributed by atoms with E-state index in [-0.39, 0.29) is 12.4 Å². The van der Waals surface area contributed by atoms with Crippen LogP contribution in [0.2, 0.25) is 0 Å². The van der Waals surface area contributed by atoms with E-state index in [1.54, 1.807) is 19.1 Å². The van der Waals surface area contributed by atoms with Gasteiger partial charge < -0.3 is 20.1 Å². The number of methoxy groups -OCH3 is 1. The topological polar surface area (TPSA) is 59.6 Å². The van der Waals surface area contributed by atoms with Crippen LogP contribution in [-0.4, -0.2) is 31.4 Å². The van der Waals surface area contributed by atoms with Gasteiger partial charge in [-0.2, -0.15) is 0 Å². The molecule has 5 nitrogen and oxygen atoms in total. The first kappa shape index (κ1) is 17.8. The van der Waals surface area contributed by atoms with Crippen LogP contribution in [0.25, 0.3) is 0 Å². The molecule has 1 heterocycles. The molecule has 1 aliphatic rings. The maximum atomic E-state index is 13.5. The van der Waals surface area contributed by atoms with Crippen molar-refractivity contribution in [1.82, 2.24) is 10.6 Å². The van der Waals surface area contributed by atoms with Crippen LogP contribution in [0.4, 0.5) is 4.39 Å². The van der Waals surface area contributed by atoms with Gasteiger partial charge in [-0.1, -0.05) is 6.07 Å². The van der Waals surface area contributed by atoms with Crippen molar-refractivity contribution in [3.8, 4) is 0 Å². The summed E-state index contributed by atoms with van der Waals surface area (Å²) in [5.74, 6) is -0.859. The Hall–Kier alpha value is -1.51. The predicted octanol–water partition coefficient (Wildman–Crippen LogP) is 2.57. The molecule has 0 aromatic heterocycles. The van der Waals surface area contributed by atoms with Gasteiger partial charge in [-0.05, 0) is 52.8 Å². The maximum Gasteiger partial charge on any atom is 0.338 e. The number of benzene rings is 1. The van der Waals surface area contributed by atoms with E-state index in [4.69, 9.17) is 21.7 Å². The van der Waals surface area contributed by atoms with E-state index in [0.29, 0.717) is 33.0 Å². The van der Waals surface area contributed by atoms with Gasteiger partial charge in [0.2, 0.25) is 0 Å². The summed E-state index contributed by atoms with van der Waals surface area (Å²) in [4.78, 5) is 12.4. The number of ether oxygens (including phenoxy) is 2. The number of carbonyl (C=O) groups excluding carboxylic acids is 1. The Morgan fingerprint density at radius 2 is 2.17 bits per heavy atom. The number of esters is 1. The summed E-state index contributed by atoms with van der Waals surface area (Å²) < 4.78 is 23.8. The van der Waals surface area contributed by atoms with E-state index in [2.05, 4.69) is 26.6 Å². The Morgan fingerprint density at radius 1 is 1.43 bits per heavy atom. The lowest BCUT2D eigenvalue weighted by Crippen LogP contribution is -2.45. The van der Waals surface area contributed by atoms with Gasteiger partial charge in [-0.3, -0.25) is 0 Å². The minimum absolute atomic E-state index is 0.149. The fraction of sp³-hybridized carbons (Fsp3) is 0.333. The predicted molar refractivity (Wildman–Crippen MR) is 91.2 cm³/mol. The highest BCUT2D eigenvalue weighted by molar-refractivity contribution is 9.10. The fourth-order valence-electron chi connectivity index (χ4n) is 2.20. The first-order valence-corrected chi connectivity index (χ1v) is 8.03. The molecular formula is C15H16BrFN2O3S.